The Labute approximate surface area is 113 Å². The van der Waals surface area contributed by atoms with Crippen molar-refractivity contribution in [1.82, 2.24) is 15.8 Å². The third-order valence-corrected chi connectivity index (χ3v) is 3.08. The van der Waals surface area contributed by atoms with Crippen LogP contribution in [-0.2, 0) is 19.4 Å². The van der Waals surface area contributed by atoms with Crippen molar-refractivity contribution in [3.8, 4) is 0 Å². The average molecular weight is 269 g/mol. The Balaban J connectivity index is 2.56. The molecule has 0 aliphatic rings. The fourth-order valence-electron chi connectivity index (χ4n) is 1.82. The zero-order valence-corrected chi connectivity index (χ0v) is 11.8. The highest BCUT2D eigenvalue weighted by Crippen LogP contribution is 2.15. The smallest absolute Gasteiger partial charge is 0.315 e. The molecule has 0 radical (unpaired) electrons. The minimum atomic E-state index is -0.286. The largest absolute Gasteiger partial charge is 0.394 e. The summed E-state index contributed by atoms with van der Waals surface area (Å²) in [5, 5.41) is 18.5. The van der Waals surface area contributed by atoms with Crippen molar-refractivity contribution >= 4 is 6.03 Å². The Bertz CT molecular complexity index is 378. The van der Waals surface area contributed by atoms with Gasteiger partial charge in [0, 0.05) is 18.5 Å². The second-order valence-electron chi connectivity index (χ2n) is 4.35. The van der Waals surface area contributed by atoms with Crippen LogP contribution in [0, 0.1) is 0 Å². The molecular formula is C13H23N3O3. The van der Waals surface area contributed by atoms with Crippen LogP contribution in [0.5, 0.6) is 0 Å². The number of aliphatic hydroxyl groups excluding tert-OH is 1. The zero-order valence-electron chi connectivity index (χ0n) is 11.8. The van der Waals surface area contributed by atoms with Crippen LogP contribution in [0.3, 0.4) is 0 Å². The molecule has 0 saturated heterocycles. The highest BCUT2D eigenvalue weighted by molar-refractivity contribution is 5.74. The quantitative estimate of drug-likeness (QED) is 0.697. The fourth-order valence-corrected chi connectivity index (χ4v) is 1.82. The van der Waals surface area contributed by atoms with E-state index >= 15 is 0 Å². The number of aliphatic hydroxyl groups is 1. The van der Waals surface area contributed by atoms with Gasteiger partial charge in [-0.2, -0.15) is 0 Å². The fraction of sp³-hybridized carbons (Fsp3) is 0.692. The van der Waals surface area contributed by atoms with Gasteiger partial charge < -0.3 is 20.3 Å². The van der Waals surface area contributed by atoms with Crippen molar-refractivity contribution in [2.24, 2.45) is 0 Å². The molecule has 0 spiro atoms. The van der Waals surface area contributed by atoms with Gasteiger partial charge in [-0.05, 0) is 12.8 Å². The molecule has 1 unspecified atom stereocenters. The van der Waals surface area contributed by atoms with Crippen molar-refractivity contribution in [2.75, 3.05) is 6.61 Å². The molecule has 0 aliphatic carbocycles. The number of aryl methyl sites for hydroxylation is 2. The summed E-state index contributed by atoms with van der Waals surface area (Å²) in [6, 6.07) is -0.495. The number of aromatic nitrogens is 1. The first-order chi connectivity index (χ1) is 9.15. The molecule has 0 aliphatic heterocycles. The summed E-state index contributed by atoms with van der Waals surface area (Å²) in [7, 11) is 0. The topological polar surface area (TPSA) is 87.4 Å². The molecule has 3 N–H and O–H groups in total. The normalized spacial score (nSPS) is 12.2. The van der Waals surface area contributed by atoms with Gasteiger partial charge >= 0.3 is 6.03 Å². The molecule has 0 bridgehead atoms. The summed E-state index contributed by atoms with van der Waals surface area (Å²) in [5.41, 5.74) is 1.84. The summed E-state index contributed by atoms with van der Waals surface area (Å²) in [4.78, 5) is 11.7. The number of carbonyl (C=O) groups is 1. The molecule has 1 heterocycles. The lowest BCUT2D eigenvalue weighted by Crippen LogP contribution is -2.43. The van der Waals surface area contributed by atoms with E-state index in [4.69, 9.17) is 9.63 Å². The van der Waals surface area contributed by atoms with Gasteiger partial charge in [-0.3, -0.25) is 0 Å². The third kappa shape index (κ3) is 4.24. The zero-order chi connectivity index (χ0) is 14.3. The Kier molecular flexibility index (Phi) is 6.35. The average Bonchev–Trinajstić information content (AvgIpc) is 2.84. The minimum absolute atomic E-state index is 0.0579. The maximum atomic E-state index is 11.7. The third-order valence-electron chi connectivity index (χ3n) is 3.08. The second kappa shape index (κ2) is 7.78. The van der Waals surface area contributed by atoms with E-state index in [9.17, 15) is 4.79 Å². The number of urea groups is 1. The van der Waals surface area contributed by atoms with Crippen molar-refractivity contribution in [1.29, 1.82) is 0 Å². The standard InChI is InChI=1S/C13H23N3O3/c1-4-9(8-17)15-13(18)14-7-10-11(5-2)16-19-12(10)6-3/h9,17H,4-8H2,1-3H3,(H2,14,15,18). The molecule has 6 heteroatoms. The van der Waals surface area contributed by atoms with Crippen LogP contribution in [0.1, 0.15) is 44.2 Å². The van der Waals surface area contributed by atoms with Crippen LogP contribution in [0.2, 0.25) is 0 Å². The first kappa shape index (κ1) is 15.5. The first-order valence-corrected chi connectivity index (χ1v) is 6.77. The molecule has 1 rings (SSSR count). The highest BCUT2D eigenvalue weighted by atomic mass is 16.5. The van der Waals surface area contributed by atoms with E-state index in [1.54, 1.807) is 0 Å². The summed E-state index contributed by atoms with van der Waals surface area (Å²) < 4.78 is 5.23. The number of amides is 2. The Morgan fingerprint density at radius 2 is 2.11 bits per heavy atom. The molecule has 19 heavy (non-hydrogen) atoms. The number of hydrogen-bond donors (Lipinski definition) is 3. The maximum absolute atomic E-state index is 11.7. The van der Waals surface area contributed by atoms with Gasteiger partial charge in [-0.25, -0.2) is 4.79 Å². The highest BCUT2D eigenvalue weighted by Gasteiger charge is 2.15. The van der Waals surface area contributed by atoms with Crippen molar-refractivity contribution in [3.63, 3.8) is 0 Å². The number of hydrogen-bond acceptors (Lipinski definition) is 4. The molecule has 6 nitrogen and oxygen atoms in total. The summed E-state index contributed by atoms with van der Waals surface area (Å²) in [5.74, 6) is 0.811. The van der Waals surface area contributed by atoms with Gasteiger partial charge in [0.15, 0.2) is 0 Å². The second-order valence-corrected chi connectivity index (χ2v) is 4.35. The van der Waals surface area contributed by atoms with Crippen molar-refractivity contribution < 1.29 is 14.4 Å². The van der Waals surface area contributed by atoms with E-state index in [2.05, 4.69) is 15.8 Å². The number of nitrogens with zero attached hydrogens (tertiary/aromatic N) is 1. The molecule has 0 fully saturated rings. The van der Waals surface area contributed by atoms with Crippen LogP contribution >= 0.6 is 0 Å². The van der Waals surface area contributed by atoms with Crippen LogP contribution in [0.25, 0.3) is 0 Å². The van der Waals surface area contributed by atoms with E-state index < -0.39 is 0 Å². The van der Waals surface area contributed by atoms with E-state index in [1.165, 1.54) is 0 Å². The van der Waals surface area contributed by atoms with Gasteiger partial charge in [0.2, 0.25) is 0 Å². The monoisotopic (exact) mass is 269 g/mol. The summed E-state index contributed by atoms with van der Waals surface area (Å²) in [6.07, 6.45) is 2.22. The lowest BCUT2D eigenvalue weighted by Gasteiger charge is -2.14. The maximum Gasteiger partial charge on any atom is 0.315 e. The van der Waals surface area contributed by atoms with Gasteiger partial charge in [0.25, 0.3) is 0 Å². The summed E-state index contributed by atoms with van der Waals surface area (Å²) >= 11 is 0. The summed E-state index contributed by atoms with van der Waals surface area (Å²) in [6.45, 7) is 6.23. The molecule has 1 aromatic rings. The number of carbonyl (C=O) groups excluding carboxylic acids is 1. The Morgan fingerprint density at radius 1 is 1.37 bits per heavy atom. The Hall–Kier alpha value is -1.56. The van der Waals surface area contributed by atoms with E-state index in [0.29, 0.717) is 13.0 Å². The van der Waals surface area contributed by atoms with E-state index in [-0.39, 0.29) is 18.7 Å². The van der Waals surface area contributed by atoms with Crippen molar-refractivity contribution in [2.45, 2.75) is 52.6 Å². The Morgan fingerprint density at radius 3 is 2.63 bits per heavy atom. The SMILES string of the molecule is CCc1noc(CC)c1CNC(=O)NC(CC)CO. The van der Waals surface area contributed by atoms with Gasteiger partial charge in [0.1, 0.15) is 5.76 Å². The van der Waals surface area contributed by atoms with E-state index in [0.717, 1.165) is 29.9 Å². The van der Waals surface area contributed by atoms with Gasteiger partial charge in [-0.15, -0.1) is 0 Å². The lowest BCUT2D eigenvalue weighted by atomic mass is 10.1. The molecule has 0 aromatic carbocycles. The molecule has 108 valence electrons. The van der Waals surface area contributed by atoms with Crippen LogP contribution in [-0.4, -0.2) is 28.9 Å². The van der Waals surface area contributed by atoms with Gasteiger partial charge in [0.05, 0.1) is 18.3 Å². The predicted octanol–water partition coefficient (Wildman–Crippen LogP) is 1.37. The predicted molar refractivity (Wildman–Crippen MR) is 71.8 cm³/mol. The first-order valence-electron chi connectivity index (χ1n) is 6.77. The van der Waals surface area contributed by atoms with Gasteiger partial charge in [-0.1, -0.05) is 25.9 Å². The van der Waals surface area contributed by atoms with Crippen LogP contribution < -0.4 is 10.6 Å². The number of rotatable bonds is 7. The lowest BCUT2D eigenvalue weighted by molar-refractivity contribution is 0.214. The van der Waals surface area contributed by atoms with Crippen molar-refractivity contribution in [3.05, 3.63) is 17.0 Å². The minimum Gasteiger partial charge on any atom is -0.394 e. The molecule has 2 amide bonds. The molecular weight excluding hydrogens is 246 g/mol. The number of nitrogens with one attached hydrogen (secondary N) is 2. The van der Waals surface area contributed by atoms with E-state index in [1.807, 2.05) is 20.8 Å². The molecule has 1 aromatic heterocycles. The van der Waals surface area contributed by atoms with Crippen LogP contribution in [0.15, 0.2) is 4.52 Å². The molecule has 0 saturated carbocycles. The van der Waals surface area contributed by atoms with Crippen LogP contribution in [0.4, 0.5) is 4.79 Å². The molecule has 1 atom stereocenters.